The van der Waals surface area contributed by atoms with Gasteiger partial charge in [0.1, 0.15) is 5.52 Å². The maximum absolute atomic E-state index is 6.43. The maximum Gasteiger partial charge on any atom is 0.196 e. The molecule has 0 spiro atoms. The quantitative estimate of drug-likeness (QED) is 0.625. The van der Waals surface area contributed by atoms with Crippen molar-refractivity contribution in [1.82, 2.24) is 4.98 Å². The SMILES string of the molecule is Cc1cccc(CCC(Cl)Cc2nc3ccccc3o2)c1. The van der Waals surface area contributed by atoms with Crippen LogP contribution in [0.4, 0.5) is 0 Å². The van der Waals surface area contributed by atoms with Crippen LogP contribution in [0.2, 0.25) is 0 Å². The lowest BCUT2D eigenvalue weighted by atomic mass is 10.0. The van der Waals surface area contributed by atoms with E-state index in [0.29, 0.717) is 6.42 Å². The van der Waals surface area contributed by atoms with E-state index in [-0.39, 0.29) is 5.38 Å². The lowest BCUT2D eigenvalue weighted by molar-refractivity contribution is 0.516. The van der Waals surface area contributed by atoms with E-state index in [0.717, 1.165) is 29.8 Å². The fourth-order valence-electron chi connectivity index (χ4n) is 2.49. The fraction of sp³-hybridized carbons (Fsp3) is 0.278. The molecule has 0 radical (unpaired) electrons. The zero-order valence-corrected chi connectivity index (χ0v) is 12.8. The molecule has 2 aromatic carbocycles. The number of nitrogens with zero attached hydrogens (tertiary/aromatic N) is 1. The first kappa shape index (κ1) is 14.2. The Morgan fingerprint density at radius 2 is 2.00 bits per heavy atom. The number of hydrogen-bond acceptors (Lipinski definition) is 2. The van der Waals surface area contributed by atoms with E-state index in [9.17, 15) is 0 Å². The van der Waals surface area contributed by atoms with Gasteiger partial charge in [-0.3, -0.25) is 0 Å². The predicted molar refractivity (Wildman–Crippen MR) is 86.9 cm³/mol. The van der Waals surface area contributed by atoms with Crippen LogP contribution >= 0.6 is 11.6 Å². The van der Waals surface area contributed by atoms with Crippen molar-refractivity contribution in [3.05, 3.63) is 65.5 Å². The summed E-state index contributed by atoms with van der Waals surface area (Å²) in [5, 5.41) is 0.0403. The highest BCUT2D eigenvalue weighted by Crippen LogP contribution is 2.19. The highest BCUT2D eigenvalue weighted by atomic mass is 35.5. The summed E-state index contributed by atoms with van der Waals surface area (Å²) in [6.45, 7) is 2.11. The average Bonchev–Trinajstić information content (AvgIpc) is 2.87. The van der Waals surface area contributed by atoms with Crippen LogP contribution in [0.1, 0.15) is 23.4 Å². The summed E-state index contributed by atoms with van der Waals surface area (Å²) in [6, 6.07) is 16.4. The van der Waals surface area contributed by atoms with E-state index in [4.69, 9.17) is 16.0 Å². The van der Waals surface area contributed by atoms with Gasteiger partial charge >= 0.3 is 0 Å². The van der Waals surface area contributed by atoms with Gasteiger partial charge in [0.25, 0.3) is 0 Å². The Balaban J connectivity index is 1.59. The molecule has 108 valence electrons. The Labute approximate surface area is 129 Å². The van der Waals surface area contributed by atoms with Crippen molar-refractivity contribution in [3.8, 4) is 0 Å². The van der Waals surface area contributed by atoms with Crippen molar-refractivity contribution in [3.63, 3.8) is 0 Å². The lowest BCUT2D eigenvalue weighted by Crippen LogP contribution is -2.05. The van der Waals surface area contributed by atoms with Crippen LogP contribution in [0.5, 0.6) is 0 Å². The zero-order chi connectivity index (χ0) is 14.7. The van der Waals surface area contributed by atoms with Gasteiger partial charge in [0.05, 0.1) is 0 Å². The van der Waals surface area contributed by atoms with Gasteiger partial charge in [0.15, 0.2) is 11.5 Å². The van der Waals surface area contributed by atoms with Gasteiger partial charge in [-0.1, -0.05) is 42.0 Å². The number of hydrogen-bond donors (Lipinski definition) is 0. The summed E-state index contributed by atoms with van der Waals surface area (Å²) < 4.78 is 5.71. The molecule has 0 N–H and O–H groups in total. The molecule has 0 aliphatic rings. The minimum atomic E-state index is 0.0403. The second-order valence-electron chi connectivity index (χ2n) is 5.40. The molecule has 1 atom stereocenters. The monoisotopic (exact) mass is 299 g/mol. The van der Waals surface area contributed by atoms with Crippen molar-refractivity contribution in [2.24, 2.45) is 0 Å². The number of halogens is 1. The Hall–Kier alpha value is -1.80. The summed E-state index contributed by atoms with van der Waals surface area (Å²) in [5.41, 5.74) is 4.35. The Bertz CT molecular complexity index is 702. The Kier molecular flexibility index (Phi) is 4.26. The molecule has 21 heavy (non-hydrogen) atoms. The first-order valence-electron chi connectivity index (χ1n) is 7.25. The number of rotatable bonds is 5. The van der Waals surface area contributed by atoms with E-state index >= 15 is 0 Å². The van der Waals surface area contributed by atoms with Gasteiger partial charge in [-0.2, -0.15) is 0 Å². The summed E-state index contributed by atoms with van der Waals surface area (Å²) in [5.74, 6) is 0.723. The predicted octanol–water partition coefficient (Wildman–Crippen LogP) is 4.92. The molecule has 3 heteroatoms. The van der Waals surface area contributed by atoms with Gasteiger partial charge in [0.2, 0.25) is 0 Å². The molecular weight excluding hydrogens is 282 g/mol. The van der Waals surface area contributed by atoms with Crippen molar-refractivity contribution in [1.29, 1.82) is 0 Å². The molecule has 2 nitrogen and oxygen atoms in total. The van der Waals surface area contributed by atoms with Gasteiger partial charge in [0, 0.05) is 11.8 Å². The molecule has 0 bridgehead atoms. The number of aromatic nitrogens is 1. The van der Waals surface area contributed by atoms with Crippen LogP contribution in [0.3, 0.4) is 0 Å². The van der Waals surface area contributed by atoms with Gasteiger partial charge in [-0.25, -0.2) is 4.98 Å². The Morgan fingerprint density at radius 1 is 1.14 bits per heavy atom. The largest absolute Gasteiger partial charge is 0.441 e. The molecule has 0 fully saturated rings. The first-order valence-corrected chi connectivity index (χ1v) is 7.68. The van der Waals surface area contributed by atoms with E-state index < -0.39 is 0 Å². The maximum atomic E-state index is 6.43. The van der Waals surface area contributed by atoms with E-state index in [1.807, 2.05) is 24.3 Å². The fourth-order valence-corrected chi connectivity index (χ4v) is 2.73. The topological polar surface area (TPSA) is 26.0 Å². The number of aryl methyl sites for hydroxylation is 2. The van der Waals surface area contributed by atoms with Crippen LogP contribution in [0, 0.1) is 6.92 Å². The smallest absolute Gasteiger partial charge is 0.196 e. The van der Waals surface area contributed by atoms with Crippen LogP contribution < -0.4 is 0 Å². The van der Waals surface area contributed by atoms with E-state index in [2.05, 4.69) is 36.2 Å². The number of fused-ring (bicyclic) bond motifs is 1. The number of benzene rings is 2. The molecule has 0 aliphatic heterocycles. The molecule has 1 aromatic heterocycles. The summed E-state index contributed by atoms with van der Waals surface area (Å²) in [6.07, 6.45) is 2.57. The summed E-state index contributed by atoms with van der Waals surface area (Å²) in [4.78, 5) is 4.47. The molecule has 3 aromatic rings. The number of para-hydroxylation sites is 2. The van der Waals surface area contributed by atoms with Crippen molar-refractivity contribution in [2.75, 3.05) is 0 Å². The molecule has 0 amide bonds. The molecule has 0 saturated carbocycles. The van der Waals surface area contributed by atoms with Crippen LogP contribution in [-0.4, -0.2) is 10.4 Å². The third-order valence-corrected chi connectivity index (χ3v) is 3.94. The second kappa shape index (κ2) is 6.31. The minimum Gasteiger partial charge on any atom is -0.441 e. The highest BCUT2D eigenvalue weighted by Gasteiger charge is 2.12. The average molecular weight is 300 g/mol. The van der Waals surface area contributed by atoms with Crippen molar-refractivity contribution < 1.29 is 4.42 Å². The Morgan fingerprint density at radius 3 is 2.81 bits per heavy atom. The molecule has 3 rings (SSSR count). The van der Waals surface area contributed by atoms with Gasteiger partial charge < -0.3 is 4.42 Å². The van der Waals surface area contributed by atoms with E-state index in [1.54, 1.807) is 0 Å². The van der Waals surface area contributed by atoms with Gasteiger partial charge in [-0.05, 0) is 37.5 Å². The standard InChI is InChI=1S/C18H18ClNO/c1-13-5-4-6-14(11-13)9-10-15(19)12-18-20-16-7-2-3-8-17(16)21-18/h2-8,11,15H,9-10,12H2,1H3. The second-order valence-corrected chi connectivity index (χ2v) is 6.02. The van der Waals surface area contributed by atoms with Crippen LogP contribution in [0.25, 0.3) is 11.1 Å². The van der Waals surface area contributed by atoms with Crippen molar-refractivity contribution >= 4 is 22.7 Å². The van der Waals surface area contributed by atoms with Crippen LogP contribution in [0.15, 0.2) is 52.9 Å². The normalized spacial score (nSPS) is 12.7. The molecular formula is C18H18ClNO. The first-order chi connectivity index (χ1) is 10.2. The molecule has 0 saturated heterocycles. The molecule has 1 heterocycles. The summed E-state index contributed by atoms with van der Waals surface area (Å²) >= 11 is 6.43. The van der Waals surface area contributed by atoms with Gasteiger partial charge in [-0.15, -0.1) is 11.6 Å². The molecule has 1 unspecified atom stereocenters. The zero-order valence-electron chi connectivity index (χ0n) is 12.1. The third-order valence-electron chi connectivity index (χ3n) is 3.56. The highest BCUT2D eigenvalue weighted by molar-refractivity contribution is 6.20. The number of oxazole rings is 1. The third kappa shape index (κ3) is 3.64. The molecule has 0 aliphatic carbocycles. The summed E-state index contributed by atoms with van der Waals surface area (Å²) in [7, 11) is 0. The lowest BCUT2D eigenvalue weighted by Gasteiger charge is -2.07. The van der Waals surface area contributed by atoms with E-state index in [1.165, 1.54) is 11.1 Å². The minimum absolute atomic E-state index is 0.0403. The number of alkyl halides is 1. The van der Waals surface area contributed by atoms with Crippen molar-refractivity contribution in [2.45, 2.75) is 31.6 Å². The van der Waals surface area contributed by atoms with Crippen LogP contribution in [-0.2, 0) is 12.8 Å².